The third-order valence-corrected chi connectivity index (χ3v) is 4.96. The van der Waals surface area contributed by atoms with Crippen LogP contribution in [0.5, 0.6) is 0 Å². The smallest absolute Gasteiger partial charge is 0.310 e. The van der Waals surface area contributed by atoms with E-state index in [9.17, 15) is 9.90 Å². The number of hydrogen-bond acceptors (Lipinski definition) is 5. The Morgan fingerprint density at radius 3 is 2.60 bits per heavy atom. The average Bonchev–Trinajstić information content (AvgIpc) is 3.08. The molecule has 3 N–H and O–H groups in total. The first-order valence-electron chi connectivity index (χ1n) is 10.0. The number of benzene rings is 3. The highest BCUT2D eigenvalue weighted by Gasteiger charge is 2.28. The Balaban J connectivity index is 1.74. The van der Waals surface area contributed by atoms with E-state index in [-0.39, 0.29) is 12.4 Å². The molecule has 0 aliphatic carbocycles. The Morgan fingerprint density at radius 2 is 1.80 bits per heavy atom. The lowest BCUT2D eigenvalue weighted by atomic mass is 9.99. The summed E-state index contributed by atoms with van der Waals surface area (Å²) in [5, 5.41) is 17.4. The second-order valence-corrected chi connectivity index (χ2v) is 7.05. The summed E-state index contributed by atoms with van der Waals surface area (Å²) < 4.78 is 5.06. The lowest BCUT2D eigenvalue weighted by Crippen LogP contribution is -2.16. The van der Waals surface area contributed by atoms with Crippen molar-refractivity contribution in [3.05, 3.63) is 95.6 Å². The first-order chi connectivity index (χ1) is 14.7. The van der Waals surface area contributed by atoms with Crippen LogP contribution in [0.25, 0.3) is 11.3 Å². The van der Waals surface area contributed by atoms with Gasteiger partial charge in [-0.05, 0) is 36.2 Å². The molecule has 3 aromatic carbocycles. The van der Waals surface area contributed by atoms with Gasteiger partial charge in [0, 0.05) is 22.5 Å². The fourth-order valence-electron chi connectivity index (χ4n) is 3.66. The van der Waals surface area contributed by atoms with Crippen LogP contribution in [0.3, 0.4) is 0 Å². The number of carbonyl (C=O) groups is 1. The van der Waals surface area contributed by atoms with Crippen LogP contribution in [0, 0.1) is 0 Å². The molecule has 5 nitrogen and oxygen atoms in total. The van der Waals surface area contributed by atoms with E-state index in [1.165, 1.54) is 0 Å². The van der Waals surface area contributed by atoms with Crippen molar-refractivity contribution in [1.29, 1.82) is 0 Å². The maximum Gasteiger partial charge on any atom is 0.310 e. The van der Waals surface area contributed by atoms with Crippen molar-refractivity contribution >= 4 is 28.6 Å². The van der Waals surface area contributed by atoms with Gasteiger partial charge in [0.25, 0.3) is 0 Å². The summed E-state index contributed by atoms with van der Waals surface area (Å²) in [6.45, 7) is 2.16. The predicted octanol–water partition coefficient (Wildman–Crippen LogP) is 4.52. The number of para-hydroxylation sites is 1. The summed E-state index contributed by atoms with van der Waals surface area (Å²) in [7, 11) is 0. The van der Waals surface area contributed by atoms with Crippen LogP contribution < -0.4 is 10.6 Å². The zero-order chi connectivity index (χ0) is 20.9. The molecule has 0 saturated carbocycles. The number of esters is 1. The lowest BCUT2D eigenvalue weighted by molar-refractivity contribution is -0.142. The zero-order valence-corrected chi connectivity index (χ0v) is 16.8. The Morgan fingerprint density at radius 1 is 1.03 bits per heavy atom. The van der Waals surface area contributed by atoms with Crippen molar-refractivity contribution in [2.45, 2.75) is 19.6 Å². The van der Waals surface area contributed by atoms with Crippen LogP contribution in [-0.2, 0) is 16.0 Å². The zero-order valence-electron chi connectivity index (χ0n) is 16.8. The van der Waals surface area contributed by atoms with Crippen molar-refractivity contribution in [1.82, 2.24) is 0 Å². The van der Waals surface area contributed by atoms with Gasteiger partial charge in [-0.1, -0.05) is 60.7 Å². The summed E-state index contributed by atoms with van der Waals surface area (Å²) in [5.41, 5.74) is 6.11. The molecule has 5 heteroatoms. The van der Waals surface area contributed by atoms with Gasteiger partial charge >= 0.3 is 5.97 Å². The Hall–Kier alpha value is -3.57. The monoisotopic (exact) mass is 400 g/mol. The van der Waals surface area contributed by atoms with Gasteiger partial charge in [-0.3, -0.25) is 4.79 Å². The maximum atomic E-state index is 11.9. The van der Waals surface area contributed by atoms with E-state index in [1.807, 2.05) is 78.9 Å². The maximum absolute atomic E-state index is 11.9. The van der Waals surface area contributed by atoms with Gasteiger partial charge in [-0.2, -0.15) is 0 Å². The molecule has 1 atom stereocenters. The second-order valence-electron chi connectivity index (χ2n) is 7.05. The molecule has 0 fully saturated rings. The van der Waals surface area contributed by atoms with E-state index in [0.29, 0.717) is 6.61 Å². The summed E-state index contributed by atoms with van der Waals surface area (Å²) in [4.78, 5) is 11.9. The molecule has 0 saturated heterocycles. The number of nitrogens with one attached hydrogen (secondary N) is 2. The number of rotatable bonds is 6. The number of anilines is 2. The van der Waals surface area contributed by atoms with Crippen LogP contribution in [0.4, 0.5) is 11.4 Å². The number of ether oxygens (including phenoxy) is 1. The molecule has 30 heavy (non-hydrogen) atoms. The molecule has 4 rings (SSSR count). The van der Waals surface area contributed by atoms with Crippen molar-refractivity contribution in [2.24, 2.45) is 0 Å². The Kier molecular flexibility index (Phi) is 5.82. The highest BCUT2D eigenvalue weighted by Crippen LogP contribution is 2.39. The minimum Gasteiger partial charge on any atom is -0.466 e. The number of fused-ring (bicyclic) bond motifs is 1. The van der Waals surface area contributed by atoms with E-state index in [0.717, 1.165) is 39.3 Å². The van der Waals surface area contributed by atoms with E-state index >= 15 is 0 Å². The summed E-state index contributed by atoms with van der Waals surface area (Å²) in [6, 6.07) is 25.4. The molecule has 0 bridgehead atoms. The molecular formula is C25H24N2O3. The standard InChI is InChI=1S/C25H24N2O3/c1-2-30-22(28)16-17-9-8-12-19(15-17)26-24(18-10-4-3-5-11-18)23-20-13-6-7-14-21(20)27-25(23)29/h3-15,25-27,29H,2,16H2,1H3/b24-23-. The van der Waals surface area contributed by atoms with Gasteiger partial charge in [0.05, 0.1) is 18.7 Å². The molecule has 0 spiro atoms. The topological polar surface area (TPSA) is 70.6 Å². The van der Waals surface area contributed by atoms with E-state index in [1.54, 1.807) is 6.92 Å². The van der Waals surface area contributed by atoms with Gasteiger partial charge in [0.15, 0.2) is 6.23 Å². The number of hydrogen-bond donors (Lipinski definition) is 3. The molecule has 1 aliphatic rings. The molecule has 0 radical (unpaired) electrons. The molecule has 152 valence electrons. The molecule has 1 heterocycles. The van der Waals surface area contributed by atoms with E-state index < -0.39 is 6.23 Å². The van der Waals surface area contributed by atoms with Crippen LogP contribution in [0.15, 0.2) is 78.9 Å². The van der Waals surface area contributed by atoms with E-state index in [4.69, 9.17) is 4.74 Å². The quantitative estimate of drug-likeness (QED) is 0.531. The van der Waals surface area contributed by atoms with Crippen LogP contribution >= 0.6 is 0 Å². The normalized spacial score (nSPS) is 16.4. The van der Waals surface area contributed by atoms with Crippen LogP contribution in [-0.4, -0.2) is 23.9 Å². The number of carbonyl (C=O) groups excluding carboxylic acids is 1. The molecule has 3 aromatic rings. The van der Waals surface area contributed by atoms with Crippen LogP contribution in [0.2, 0.25) is 0 Å². The van der Waals surface area contributed by atoms with Gasteiger partial charge in [0.1, 0.15) is 0 Å². The SMILES string of the molecule is CCOC(=O)Cc1cccc(N/C(=C2/c3ccccc3NC2O)c2ccccc2)c1. The first-order valence-corrected chi connectivity index (χ1v) is 10.0. The van der Waals surface area contributed by atoms with Crippen molar-refractivity contribution in [3.8, 4) is 0 Å². The van der Waals surface area contributed by atoms with Gasteiger partial charge in [0.2, 0.25) is 0 Å². The van der Waals surface area contributed by atoms with Gasteiger partial charge in [-0.25, -0.2) is 0 Å². The molecular weight excluding hydrogens is 376 g/mol. The third kappa shape index (κ3) is 4.21. The highest BCUT2D eigenvalue weighted by molar-refractivity contribution is 6.03. The number of aliphatic hydroxyl groups excluding tert-OH is 1. The molecule has 0 amide bonds. The molecule has 1 unspecified atom stereocenters. The van der Waals surface area contributed by atoms with Crippen molar-refractivity contribution < 1.29 is 14.6 Å². The predicted molar refractivity (Wildman–Crippen MR) is 120 cm³/mol. The lowest BCUT2D eigenvalue weighted by Gasteiger charge is -2.18. The largest absolute Gasteiger partial charge is 0.466 e. The minimum atomic E-state index is -0.826. The summed E-state index contributed by atoms with van der Waals surface area (Å²) in [6.07, 6.45) is -0.610. The first kappa shape index (κ1) is 19.7. The average molecular weight is 400 g/mol. The Bertz CT molecular complexity index is 1080. The third-order valence-electron chi connectivity index (χ3n) is 4.96. The minimum absolute atomic E-state index is 0.216. The number of aliphatic hydroxyl groups is 1. The van der Waals surface area contributed by atoms with Crippen LogP contribution in [0.1, 0.15) is 23.6 Å². The highest BCUT2D eigenvalue weighted by atomic mass is 16.5. The summed E-state index contributed by atoms with van der Waals surface area (Å²) >= 11 is 0. The van der Waals surface area contributed by atoms with Gasteiger partial charge < -0.3 is 20.5 Å². The fraction of sp³-hybridized carbons (Fsp3) is 0.160. The van der Waals surface area contributed by atoms with Crippen molar-refractivity contribution in [2.75, 3.05) is 17.2 Å². The van der Waals surface area contributed by atoms with Gasteiger partial charge in [-0.15, -0.1) is 0 Å². The second kappa shape index (κ2) is 8.84. The molecule has 0 aromatic heterocycles. The molecule has 1 aliphatic heterocycles. The summed E-state index contributed by atoms with van der Waals surface area (Å²) in [5.74, 6) is -0.249. The fourth-order valence-corrected chi connectivity index (χ4v) is 3.66. The van der Waals surface area contributed by atoms with Crippen molar-refractivity contribution in [3.63, 3.8) is 0 Å². The van der Waals surface area contributed by atoms with E-state index in [2.05, 4.69) is 10.6 Å². The Labute approximate surface area is 176 Å².